The number of benzene rings is 1. The van der Waals surface area contributed by atoms with Crippen molar-refractivity contribution in [2.45, 2.75) is 31.9 Å². The monoisotopic (exact) mass is 358 g/mol. The van der Waals surface area contributed by atoms with Gasteiger partial charge in [-0.05, 0) is 50.1 Å². The van der Waals surface area contributed by atoms with E-state index in [1.807, 2.05) is 6.92 Å². The second-order valence-electron chi connectivity index (χ2n) is 6.48. The van der Waals surface area contributed by atoms with Gasteiger partial charge in [0, 0.05) is 30.5 Å². The normalized spacial score (nSPS) is 16.2. The average molecular weight is 358 g/mol. The van der Waals surface area contributed by atoms with Gasteiger partial charge in [-0.25, -0.2) is 9.18 Å². The molecule has 0 aliphatic carbocycles. The average Bonchev–Trinajstić information content (AvgIpc) is 2.63. The minimum absolute atomic E-state index is 0.282. The quantitative estimate of drug-likeness (QED) is 0.785. The number of amides is 2. The van der Waals surface area contributed by atoms with Crippen LogP contribution in [0.4, 0.5) is 20.6 Å². The number of aliphatic hydroxyl groups is 1. The summed E-state index contributed by atoms with van der Waals surface area (Å²) in [5.74, 6) is -0.345. The van der Waals surface area contributed by atoms with Gasteiger partial charge in [-0.15, -0.1) is 0 Å². The number of piperidine rings is 1. The van der Waals surface area contributed by atoms with Gasteiger partial charge in [-0.1, -0.05) is 0 Å². The number of aromatic nitrogens is 1. The summed E-state index contributed by atoms with van der Waals surface area (Å²) in [7, 11) is 0. The van der Waals surface area contributed by atoms with Crippen molar-refractivity contribution in [3.05, 3.63) is 54.1 Å². The molecule has 6 nitrogen and oxygen atoms in total. The molecule has 0 bridgehead atoms. The molecule has 2 heterocycles. The summed E-state index contributed by atoms with van der Waals surface area (Å²) in [6.07, 6.45) is 4.26. The zero-order valence-electron chi connectivity index (χ0n) is 14.7. The third-order valence-electron chi connectivity index (χ3n) is 4.53. The van der Waals surface area contributed by atoms with E-state index in [2.05, 4.69) is 20.5 Å². The molecule has 138 valence electrons. The number of nitrogens with one attached hydrogen (secondary N) is 2. The van der Waals surface area contributed by atoms with Gasteiger partial charge in [0.1, 0.15) is 5.82 Å². The van der Waals surface area contributed by atoms with Crippen LogP contribution in [0.15, 0.2) is 42.7 Å². The highest BCUT2D eigenvalue weighted by molar-refractivity contribution is 5.89. The summed E-state index contributed by atoms with van der Waals surface area (Å²) in [5, 5.41) is 15.2. The largest absolute Gasteiger partial charge is 0.393 e. The Morgan fingerprint density at radius 2 is 2.12 bits per heavy atom. The molecular weight excluding hydrogens is 335 g/mol. The predicted octanol–water partition coefficient (Wildman–Crippen LogP) is 3.06. The highest BCUT2D eigenvalue weighted by Crippen LogP contribution is 2.29. The number of pyridine rings is 1. The topological polar surface area (TPSA) is 77.5 Å². The number of halogens is 1. The number of anilines is 2. The number of nitrogens with zero attached hydrogens (tertiary/aromatic N) is 2. The molecule has 3 N–H and O–H groups in total. The molecule has 2 amide bonds. The van der Waals surface area contributed by atoms with E-state index in [-0.39, 0.29) is 24.0 Å². The molecule has 0 saturated carbocycles. The summed E-state index contributed by atoms with van der Waals surface area (Å²) in [5.41, 5.74) is 2.18. The maximum atomic E-state index is 13.8. The van der Waals surface area contributed by atoms with Crippen LogP contribution in [0.1, 0.15) is 31.4 Å². The number of aliphatic hydroxyl groups excluding tert-OH is 1. The van der Waals surface area contributed by atoms with Gasteiger partial charge in [0.15, 0.2) is 0 Å². The second kappa shape index (κ2) is 8.14. The van der Waals surface area contributed by atoms with Crippen LogP contribution < -0.4 is 15.5 Å². The Hall–Kier alpha value is -2.67. The minimum Gasteiger partial charge on any atom is -0.393 e. The molecule has 1 aliphatic rings. The molecule has 1 aromatic heterocycles. The van der Waals surface area contributed by atoms with Crippen molar-refractivity contribution in [1.82, 2.24) is 10.3 Å². The van der Waals surface area contributed by atoms with E-state index in [1.54, 1.807) is 30.6 Å². The summed E-state index contributed by atoms with van der Waals surface area (Å²) >= 11 is 0. The van der Waals surface area contributed by atoms with E-state index in [0.29, 0.717) is 37.2 Å². The third kappa shape index (κ3) is 4.49. The minimum atomic E-state index is -0.385. The number of carbonyl (C=O) groups excluding carboxylic acids is 1. The maximum Gasteiger partial charge on any atom is 0.319 e. The lowest BCUT2D eigenvalue weighted by molar-refractivity contribution is 0.145. The highest BCUT2D eigenvalue weighted by atomic mass is 19.1. The van der Waals surface area contributed by atoms with Crippen molar-refractivity contribution in [2.75, 3.05) is 23.3 Å². The standard InChI is InChI=1S/C19H23FN4O2/c1-13(22-19(26)23-15-3-2-8-21-12-15)17-11-14(20)4-5-18(17)24-9-6-16(25)7-10-24/h2-5,8,11-13,16,25H,6-7,9-10H2,1H3,(H2,22,23,26)/t13-/m1/s1. The molecule has 3 rings (SSSR count). The molecule has 2 aromatic rings. The van der Waals surface area contributed by atoms with Gasteiger partial charge < -0.3 is 20.6 Å². The fraction of sp³-hybridized carbons (Fsp3) is 0.368. The summed E-state index contributed by atoms with van der Waals surface area (Å²) in [6.45, 7) is 3.22. The maximum absolute atomic E-state index is 13.8. The first-order valence-corrected chi connectivity index (χ1v) is 8.73. The van der Waals surface area contributed by atoms with E-state index < -0.39 is 0 Å². The second-order valence-corrected chi connectivity index (χ2v) is 6.48. The van der Waals surface area contributed by atoms with Crippen LogP contribution in [-0.2, 0) is 0 Å². The van der Waals surface area contributed by atoms with Crippen molar-refractivity contribution in [3.63, 3.8) is 0 Å². The fourth-order valence-electron chi connectivity index (χ4n) is 3.15. The van der Waals surface area contributed by atoms with Crippen LogP contribution in [-0.4, -0.2) is 35.3 Å². The SMILES string of the molecule is C[C@@H](NC(=O)Nc1cccnc1)c1cc(F)ccc1N1CCC(O)CC1. The van der Waals surface area contributed by atoms with Gasteiger partial charge in [0.2, 0.25) is 0 Å². The molecule has 1 aromatic carbocycles. The summed E-state index contributed by atoms with van der Waals surface area (Å²) in [4.78, 5) is 18.3. The predicted molar refractivity (Wildman–Crippen MR) is 98.7 cm³/mol. The van der Waals surface area contributed by atoms with Crippen molar-refractivity contribution in [3.8, 4) is 0 Å². The van der Waals surface area contributed by atoms with E-state index in [1.165, 1.54) is 12.1 Å². The van der Waals surface area contributed by atoms with Crippen LogP contribution in [0.25, 0.3) is 0 Å². The molecular formula is C19H23FN4O2. The molecule has 26 heavy (non-hydrogen) atoms. The number of hydrogen-bond donors (Lipinski definition) is 3. The number of rotatable bonds is 4. The first kappa shape index (κ1) is 18.1. The van der Waals surface area contributed by atoms with Crippen LogP contribution in [0.2, 0.25) is 0 Å². The van der Waals surface area contributed by atoms with Crippen LogP contribution >= 0.6 is 0 Å². The number of carbonyl (C=O) groups is 1. The van der Waals surface area contributed by atoms with Crippen LogP contribution in [0.5, 0.6) is 0 Å². The van der Waals surface area contributed by atoms with Crippen LogP contribution in [0.3, 0.4) is 0 Å². The van der Waals surface area contributed by atoms with Crippen molar-refractivity contribution in [2.24, 2.45) is 0 Å². The molecule has 1 aliphatic heterocycles. The molecule has 1 fully saturated rings. The molecule has 1 saturated heterocycles. The Labute approximate surface area is 152 Å². The first-order valence-electron chi connectivity index (χ1n) is 8.73. The fourth-order valence-corrected chi connectivity index (χ4v) is 3.15. The lowest BCUT2D eigenvalue weighted by Crippen LogP contribution is -2.37. The summed E-state index contributed by atoms with van der Waals surface area (Å²) in [6, 6.07) is 7.32. The van der Waals surface area contributed by atoms with E-state index in [0.717, 1.165) is 5.69 Å². The van der Waals surface area contributed by atoms with Crippen molar-refractivity contribution in [1.29, 1.82) is 0 Å². The van der Waals surface area contributed by atoms with Crippen molar-refractivity contribution >= 4 is 17.4 Å². The van der Waals surface area contributed by atoms with Gasteiger partial charge in [0.05, 0.1) is 24.0 Å². The van der Waals surface area contributed by atoms with E-state index in [4.69, 9.17) is 0 Å². The Bertz CT molecular complexity index is 748. The van der Waals surface area contributed by atoms with E-state index >= 15 is 0 Å². The number of urea groups is 1. The Balaban J connectivity index is 1.72. The van der Waals surface area contributed by atoms with Crippen LogP contribution in [0, 0.1) is 5.82 Å². The molecule has 7 heteroatoms. The zero-order valence-corrected chi connectivity index (χ0v) is 14.7. The Morgan fingerprint density at radius 3 is 2.81 bits per heavy atom. The Morgan fingerprint density at radius 1 is 1.35 bits per heavy atom. The van der Waals surface area contributed by atoms with Crippen molar-refractivity contribution < 1.29 is 14.3 Å². The smallest absolute Gasteiger partial charge is 0.319 e. The van der Waals surface area contributed by atoms with Gasteiger partial charge in [0.25, 0.3) is 0 Å². The highest BCUT2D eigenvalue weighted by Gasteiger charge is 2.22. The molecule has 0 radical (unpaired) electrons. The molecule has 1 atom stereocenters. The molecule has 0 unspecified atom stereocenters. The first-order chi connectivity index (χ1) is 12.5. The van der Waals surface area contributed by atoms with Gasteiger partial charge in [-0.3, -0.25) is 4.98 Å². The van der Waals surface area contributed by atoms with Gasteiger partial charge >= 0.3 is 6.03 Å². The van der Waals surface area contributed by atoms with E-state index in [9.17, 15) is 14.3 Å². The van der Waals surface area contributed by atoms with Gasteiger partial charge in [-0.2, -0.15) is 0 Å². The third-order valence-corrected chi connectivity index (χ3v) is 4.53. The Kier molecular flexibility index (Phi) is 5.68. The number of hydrogen-bond acceptors (Lipinski definition) is 4. The molecule has 0 spiro atoms. The summed E-state index contributed by atoms with van der Waals surface area (Å²) < 4.78 is 13.8. The zero-order chi connectivity index (χ0) is 18.5. The lowest BCUT2D eigenvalue weighted by Gasteiger charge is -2.34. The lowest BCUT2D eigenvalue weighted by atomic mass is 10.0.